The van der Waals surface area contributed by atoms with E-state index >= 15 is 0 Å². The number of aryl methyl sites for hydroxylation is 1. The highest BCUT2D eigenvalue weighted by Gasteiger charge is 2.13. The Morgan fingerprint density at radius 3 is 2.95 bits per heavy atom. The van der Waals surface area contributed by atoms with Crippen LogP contribution in [-0.2, 0) is 6.54 Å². The maximum absolute atomic E-state index is 5.99. The number of nitrogens with zero attached hydrogens (tertiary/aromatic N) is 2. The molecule has 102 valence electrons. The summed E-state index contributed by atoms with van der Waals surface area (Å²) < 4.78 is 4.25. The summed E-state index contributed by atoms with van der Waals surface area (Å²) in [6.45, 7) is 2.90. The number of hydrogen-bond acceptors (Lipinski definition) is 6. The summed E-state index contributed by atoms with van der Waals surface area (Å²) >= 11 is 3.11. The molecule has 0 saturated heterocycles. The van der Waals surface area contributed by atoms with Crippen molar-refractivity contribution >= 4 is 33.7 Å². The Kier molecular flexibility index (Phi) is 3.66. The van der Waals surface area contributed by atoms with Gasteiger partial charge in [-0.2, -0.15) is 15.7 Å². The van der Waals surface area contributed by atoms with E-state index in [1.54, 1.807) is 23.7 Å². The van der Waals surface area contributed by atoms with E-state index in [4.69, 9.17) is 5.73 Å². The molecule has 3 N–H and O–H groups in total. The Balaban J connectivity index is 1.86. The zero-order chi connectivity index (χ0) is 13.9. The molecule has 0 unspecified atom stereocenters. The third kappa shape index (κ3) is 2.52. The number of hydrogen-bond donors (Lipinski definition) is 2. The maximum Gasteiger partial charge on any atom is 0.147 e. The molecule has 0 radical (unpaired) electrons. The fraction of sp³-hybridized carbons (Fsp3) is 0.143. The molecular weight excluding hydrogens is 288 g/mol. The van der Waals surface area contributed by atoms with Gasteiger partial charge in [-0.25, -0.2) is 0 Å². The first-order valence-electron chi connectivity index (χ1n) is 6.17. The molecular formula is C14H14N4S2. The summed E-state index contributed by atoms with van der Waals surface area (Å²) in [6.07, 6.45) is 3.56. The lowest BCUT2D eigenvalue weighted by Gasteiger charge is -2.07. The van der Waals surface area contributed by atoms with Gasteiger partial charge in [0.25, 0.3) is 0 Å². The number of thiophene rings is 1. The molecule has 0 aliphatic heterocycles. The average molecular weight is 302 g/mol. The molecule has 0 saturated carbocycles. The van der Waals surface area contributed by atoms with E-state index in [1.165, 1.54) is 22.7 Å². The first-order chi connectivity index (χ1) is 9.75. The number of anilines is 2. The van der Waals surface area contributed by atoms with Crippen LogP contribution >= 0.6 is 22.9 Å². The van der Waals surface area contributed by atoms with Gasteiger partial charge >= 0.3 is 0 Å². The lowest BCUT2D eigenvalue weighted by Crippen LogP contribution is -1.99. The quantitative estimate of drug-likeness (QED) is 0.770. The molecule has 3 aromatic rings. The summed E-state index contributed by atoms with van der Waals surface area (Å²) in [5.41, 5.74) is 10.5. The fourth-order valence-electron chi connectivity index (χ4n) is 1.96. The van der Waals surface area contributed by atoms with Crippen molar-refractivity contribution in [3.8, 4) is 11.1 Å². The van der Waals surface area contributed by atoms with Crippen LogP contribution in [0.25, 0.3) is 11.1 Å². The van der Waals surface area contributed by atoms with Crippen LogP contribution < -0.4 is 11.1 Å². The van der Waals surface area contributed by atoms with Gasteiger partial charge in [0, 0.05) is 24.5 Å². The van der Waals surface area contributed by atoms with Gasteiger partial charge < -0.3 is 11.1 Å². The molecule has 0 bridgehead atoms. The van der Waals surface area contributed by atoms with Gasteiger partial charge in [-0.3, -0.25) is 4.98 Å². The lowest BCUT2D eigenvalue weighted by molar-refractivity contribution is 1.15. The third-order valence-corrected chi connectivity index (χ3v) is 4.80. The summed E-state index contributed by atoms with van der Waals surface area (Å²) in [6, 6.07) is 3.90. The highest BCUT2D eigenvalue weighted by molar-refractivity contribution is 7.11. The van der Waals surface area contributed by atoms with Crippen LogP contribution in [0.4, 0.5) is 10.8 Å². The van der Waals surface area contributed by atoms with Crippen LogP contribution in [0.3, 0.4) is 0 Å². The Morgan fingerprint density at radius 2 is 2.25 bits per heavy atom. The molecule has 6 heteroatoms. The summed E-state index contributed by atoms with van der Waals surface area (Å²) in [4.78, 5) is 4.14. The van der Waals surface area contributed by atoms with Gasteiger partial charge in [-0.05, 0) is 46.4 Å². The SMILES string of the molecule is Cc1cscc1CNc1snc(N)c1-c1cccnc1. The zero-order valence-electron chi connectivity index (χ0n) is 11.0. The number of pyridine rings is 1. The number of nitrogens with one attached hydrogen (secondary N) is 1. The monoisotopic (exact) mass is 302 g/mol. The number of nitrogen functional groups attached to an aromatic ring is 1. The van der Waals surface area contributed by atoms with Crippen LogP contribution in [0.1, 0.15) is 11.1 Å². The number of rotatable bonds is 4. The first kappa shape index (κ1) is 13.1. The van der Waals surface area contributed by atoms with Crippen molar-refractivity contribution in [1.82, 2.24) is 9.36 Å². The van der Waals surface area contributed by atoms with Gasteiger partial charge in [-0.15, -0.1) is 0 Å². The second-order valence-corrected chi connectivity index (χ2v) is 5.96. The molecule has 0 aliphatic rings. The second-order valence-electron chi connectivity index (χ2n) is 4.45. The van der Waals surface area contributed by atoms with Gasteiger partial charge in [0.1, 0.15) is 10.8 Å². The van der Waals surface area contributed by atoms with E-state index in [-0.39, 0.29) is 0 Å². The van der Waals surface area contributed by atoms with Gasteiger partial charge in [-0.1, -0.05) is 6.07 Å². The van der Waals surface area contributed by atoms with Gasteiger partial charge in [0.2, 0.25) is 0 Å². The molecule has 0 atom stereocenters. The molecule has 20 heavy (non-hydrogen) atoms. The van der Waals surface area contributed by atoms with Crippen molar-refractivity contribution in [2.45, 2.75) is 13.5 Å². The highest BCUT2D eigenvalue weighted by Crippen LogP contribution is 2.36. The van der Waals surface area contributed by atoms with Crippen LogP contribution in [0.5, 0.6) is 0 Å². The predicted octanol–water partition coefficient (Wildman–Crippen LogP) is 3.77. The second kappa shape index (κ2) is 5.60. The van der Waals surface area contributed by atoms with Gasteiger partial charge in [0.15, 0.2) is 0 Å². The zero-order valence-corrected chi connectivity index (χ0v) is 12.6. The summed E-state index contributed by atoms with van der Waals surface area (Å²) in [5.74, 6) is 0.549. The third-order valence-electron chi connectivity index (χ3n) is 3.07. The van der Waals surface area contributed by atoms with E-state index in [0.717, 1.165) is 22.7 Å². The Bertz CT molecular complexity index is 703. The van der Waals surface area contributed by atoms with Gasteiger partial charge in [0.05, 0.1) is 5.56 Å². The van der Waals surface area contributed by atoms with Crippen LogP contribution in [-0.4, -0.2) is 9.36 Å². The molecule has 0 aromatic carbocycles. The van der Waals surface area contributed by atoms with Crippen LogP contribution in [0, 0.1) is 6.92 Å². The van der Waals surface area contributed by atoms with E-state index in [9.17, 15) is 0 Å². The molecule has 0 spiro atoms. The number of aromatic nitrogens is 2. The van der Waals surface area contributed by atoms with Crippen LogP contribution in [0.15, 0.2) is 35.3 Å². The first-order valence-corrected chi connectivity index (χ1v) is 7.88. The van der Waals surface area contributed by atoms with E-state index in [1.807, 2.05) is 12.1 Å². The van der Waals surface area contributed by atoms with E-state index in [2.05, 4.69) is 32.4 Å². The number of nitrogens with two attached hydrogens (primary N) is 1. The van der Waals surface area contributed by atoms with Crippen molar-refractivity contribution < 1.29 is 0 Å². The summed E-state index contributed by atoms with van der Waals surface area (Å²) in [7, 11) is 0. The van der Waals surface area contributed by atoms with Crippen molar-refractivity contribution in [2.75, 3.05) is 11.1 Å². The molecule has 0 fully saturated rings. The summed E-state index contributed by atoms with van der Waals surface area (Å²) in [5, 5.41) is 8.73. The van der Waals surface area contributed by atoms with Crippen LogP contribution in [0.2, 0.25) is 0 Å². The normalized spacial score (nSPS) is 10.7. The predicted molar refractivity (Wildman–Crippen MR) is 86.1 cm³/mol. The van der Waals surface area contributed by atoms with Crippen molar-refractivity contribution in [3.05, 3.63) is 46.4 Å². The molecule has 3 rings (SSSR count). The largest absolute Gasteiger partial charge is 0.382 e. The van der Waals surface area contributed by atoms with E-state index in [0.29, 0.717) is 5.82 Å². The smallest absolute Gasteiger partial charge is 0.147 e. The molecule has 4 nitrogen and oxygen atoms in total. The van der Waals surface area contributed by atoms with E-state index < -0.39 is 0 Å². The topological polar surface area (TPSA) is 63.8 Å². The van der Waals surface area contributed by atoms with Crippen molar-refractivity contribution in [3.63, 3.8) is 0 Å². The molecule has 0 amide bonds. The Labute approximate surface area is 125 Å². The maximum atomic E-state index is 5.99. The van der Waals surface area contributed by atoms with Crippen molar-refractivity contribution in [2.24, 2.45) is 0 Å². The fourth-order valence-corrected chi connectivity index (χ4v) is 3.54. The van der Waals surface area contributed by atoms with Crippen molar-refractivity contribution in [1.29, 1.82) is 0 Å². The standard InChI is InChI=1S/C14H14N4S2/c1-9-7-19-8-11(9)6-17-14-12(13(15)18-20-14)10-3-2-4-16-5-10/h2-5,7-8,17H,6H2,1H3,(H2,15,18). The highest BCUT2D eigenvalue weighted by atomic mass is 32.1. The average Bonchev–Trinajstić information content (AvgIpc) is 3.03. The lowest BCUT2D eigenvalue weighted by atomic mass is 10.1. The minimum Gasteiger partial charge on any atom is -0.382 e. The minimum atomic E-state index is 0.549. The minimum absolute atomic E-state index is 0.549. The molecule has 3 aromatic heterocycles. The Morgan fingerprint density at radius 1 is 1.35 bits per heavy atom. The molecule has 3 heterocycles. The Hall–Kier alpha value is -1.92. The molecule has 0 aliphatic carbocycles.